The van der Waals surface area contributed by atoms with Crippen LogP contribution in [-0.2, 0) is 0 Å². The molecule has 22 heavy (non-hydrogen) atoms. The second-order valence-electron chi connectivity index (χ2n) is 7.62. The van der Waals surface area contributed by atoms with E-state index in [0.29, 0.717) is 12.0 Å². The Balaban J connectivity index is 2.11. The van der Waals surface area contributed by atoms with Crippen molar-refractivity contribution in [3.05, 3.63) is 28.8 Å². The van der Waals surface area contributed by atoms with Gasteiger partial charge in [0.2, 0.25) is 0 Å². The van der Waals surface area contributed by atoms with Crippen LogP contribution in [0.3, 0.4) is 0 Å². The van der Waals surface area contributed by atoms with Gasteiger partial charge in [0.1, 0.15) is 5.75 Å². The van der Waals surface area contributed by atoms with Crippen LogP contribution in [0.5, 0.6) is 5.75 Å². The van der Waals surface area contributed by atoms with E-state index in [4.69, 9.17) is 4.74 Å². The van der Waals surface area contributed by atoms with Crippen LogP contribution in [-0.4, -0.2) is 18.0 Å². The summed E-state index contributed by atoms with van der Waals surface area (Å²) in [6.45, 7) is 6.44. The van der Waals surface area contributed by atoms with Crippen LogP contribution < -0.4 is 4.74 Å². The fourth-order valence-corrected chi connectivity index (χ4v) is 4.49. The maximum absolute atomic E-state index is 13.1. The van der Waals surface area contributed by atoms with Crippen molar-refractivity contribution in [1.82, 2.24) is 0 Å². The summed E-state index contributed by atoms with van der Waals surface area (Å²) >= 11 is 0. The summed E-state index contributed by atoms with van der Waals surface area (Å²) in [6.07, 6.45) is 3.29. The van der Waals surface area contributed by atoms with E-state index in [1.807, 2.05) is 19.1 Å². The standard InChI is InChI=1S/C19H26O3/c1-11-8-13-14(9-17(11)22-4)18(21)12-6-5-7-19(2,3)15(12)10-16(13)20/h8-9,12,15-16,20H,5-7,10H2,1-4H3/t12-,15+,16?/m0/s1. The highest BCUT2D eigenvalue weighted by Crippen LogP contribution is 2.51. The zero-order valence-electron chi connectivity index (χ0n) is 14.0. The van der Waals surface area contributed by atoms with Crippen molar-refractivity contribution in [2.24, 2.45) is 17.3 Å². The molecule has 0 spiro atoms. The molecule has 3 atom stereocenters. The molecule has 2 aliphatic rings. The second-order valence-corrected chi connectivity index (χ2v) is 7.62. The number of fused-ring (bicyclic) bond motifs is 2. The van der Waals surface area contributed by atoms with E-state index in [0.717, 1.165) is 36.1 Å². The number of aliphatic hydroxyl groups excluding tert-OH is 1. The number of aryl methyl sites for hydroxylation is 1. The number of aliphatic hydroxyl groups is 1. The van der Waals surface area contributed by atoms with Crippen molar-refractivity contribution < 1.29 is 14.6 Å². The smallest absolute Gasteiger partial charge is 0.166 e. The Morgan fingerprint density at radius 3 is 2.73 bits per heavy atom. The first-order valence-corrected chi connectivity index (χ1v) is 8.26. The SMILES string of the molecule is COc1cc2c(cc1C)C(O)C[C@@H]1[C@H](CCCC1(C)C)C2=O. The summed E-state index contributed by atoms with van der Waals surface area (Å²) in [5.41, 5.74) is 2.53. The lowest BCUT2D eigenvalue weighted by molar-refractivity contribution is 0.0288. The number of carbonyl (C=O) groups is 1. The lowest BCUT2D eigenvalue weighted by Crippen LogP contribution is -2.38. The molecule has 3 nitrogen and oxygen atoms in total. The molecule has 0 aromatic heterocycles. The molecule has 1 N–H and O–H groups in total. The van der Waals surface area contributed by atoms with E-state index >= 15 is 0 Å². The van der Waals surface area contributed by atoms with E-state index in [9.17, 15) is 9.90 Å². The van der Waals surface area contributed by atoms with Gasteiger partial charge in [-0.15, -0.1) is 0 Å². The Bertz CT molecular complexity index is 603. The Labute approximate surface area is 132 Å². The molecular weight excluding hydrogens is 276 g/mol. The molecule has 0 radical (unpaired) electrons. The molecule has 0 saturated heterocycles. The number of ether oxygens (including phenoxy) is 1. The van der Waals surface area contributed by atoms with E-state index in [2.05, 4.69) is 13.8 Å². The van der Waals surface area contributed by atoms with Crippen LogP contribution in [0.2, 0.25) is 0 Å². The average Bonchev–Trinajstić information content (AvgIpc) is 2.56. The highest BCUT2D eigenvalue weighted by atomic mass is 16.5. The van der Waals surface area contributed by atoms with Crippen molar-refractivity contribution in [2.75, 3.05) is 7.11 Å². The molecule has 0 aliphatic heterocycles. The van der Waals surface area contributed by atoms with Gasteiger partial charge in [0, 0.05) is 11.5 Å². The minimum absolute atomic E-state index is 0.0343. The van der Waals surface area contributed by atoms with Crippen molar-refractivity contribution >= 4 is 5.78 Å². The van der Waals surface area contributed by atoms with E-state index < -0.39 is 6.10 Å². The highest BCUT2D eigenvalue weighted by Gasteiger charge is 2.46. The van der Waals surface area contributed by atoms with Gasteiger partial charge in [0.15, 0.2) is 5.78 Å². The van der Waals surface area contributed by atoms with Crippen LogP contribution in [0.1, 0.15) is 67.1 Å². The number of hydrogen-bond acceptors (Lipinski definition) is 3. The summed E-state index contributed by atoms with van der Waals surface area (Å²) in [7, 11) is 1.62. The van der Waals surface area contributed by atoms with Crippen molar-refractivity contribution in [2.45, 2.75) is 52.6 Å². The largest absolute Gasteiger partial charge is 0.496 e. The summed E-state index contributed by atoms with van der Waals surface area (Å²) in [6, 6.07) is 3.77. The number of Topliss-reactive ketones (excluding diaryl/α,β-unsaturated/α-hetero) is 1. The Morgan fingerprint density at radius 2 is 2.05 bits per heavy atom. The highest BCUT2D eigenvalue weighted by molar-refractivity contribution is 6.00. The number of ketones is 1. The van der Waals surface area contributed by atoms with Gasteiger partial charge >= 0.3 is 0 Å². The molecule has 1 aromatic rings. The minimum atomic E-state index is -0.559. The summed E-state index contributed by atoms with van der Waals surface area (Å²) in [5, 5.41) is 10.7. The van der Waals surface area contributed by atoms with E-state index in [1.54, 1.807) is 7.11 Å². The van der Waals surface area contributed by atoms with Crippen LogP contribution in [0.4, 0.5) is 0 Å². The second kappa shape index (κ2) is 5.38. The van der Waals surface area contributed by atoms with Gasteiger partial charge in [-0.2, -0.15) is 0 Å². The molecule has 1 aromatic carbocycles. The van der Waals surface area contributed by atoms with Gasteiger partial charge in [-0.1, -0.05) is 20.3 Å². The van der Waals surface area contributed by atoms with E-state index in [1.165, 1.54) is 0 Å². The number of hydrogen-bond donors (Lipinski definition) is 1. The zero-order chi connectivity index (χ0) is 16.1. The maximum Gasteiger partial charge on any atom is 0.166 e. The number of carbonyl (C=O) groups excluding carboxylic acids is 1. The molecule has 1 saturated carbocycles. The number of benzene rings is 1. The number of rotatable bonds is 1. The third-order valence-corrected chi connectivity index (χ3v) is 5.83. The monoisotopic (exact) mass is 302 g/mol. The molecular formula is C19H26O3. The first kappa shape index (κ1) is 15.5. The lowest BCUT2D eigenvalue weighted by atomic mass is 9.61. The average molecular weight is 302 g/mol. The zero-order valence-corrected chi connectivity index (χ0v) is 14.0. The topological polar surface area (TPSA) is 46.5 Å². The molecule has 120 valence electrons. The molecule has 0 bridgehead atoms. The lowest BCUT2D eigenvalue weighted by Gasteiger charge is -2.43. The maximum atomic E-state index is 13.1. The Morgan fingerprint density at radius 1 is 1.32 bits per heavy atom. The summed E-state index contributed by atoms with van der Waals surface area (Å²) < 4.78 is 5.38. The van der Waals surface area contributed by atoms with Crippen LogP contribution in [0.25, 0.3) is 0 Å². The Kier molecular flexibility index (Phi) is 3.80. The van der Waals surface area contributed by atoms with Gasteiger partial charge in [0.05, 0.1) is 13.2 Å². The van der Waals surface area contributed by atoms with Gasteiger partial charge in [-0.25, -0.2) is 0 Å². The van der Waals surface area contributed by atoms with Gasteiger partial charge in [0.25, 0.3) is 0 Å². The molecule has 3 rings (SSSR count). The van der Waals surface area contributed by atoms with Crippen molar-refractivity contribution in [3.8, 4) is 5.75 Å². The fraction of sp³-hybridized carbons (Fsp3) is 0.632. The van der Waals surface area contributed by atoms with Gasteiger partial charge in [-0.3, -0.25) is 4.79 Å². The Hall–Kier alpha value is -1.35. The predicted octanol–water partition coefficient (Wildman–Crippen LogP) is 4.07. The van der Waals surface area contributed by atoms with Crippen LogP contribution >= 0.6 is 0 Å². The first-order valence-electron chi connectivity index (χ1n) is 8.26. The third-order valence-electron chi connectivity index (χ3n) is 5.83. The minimum Gasteiger partial charge on any atom is -0.496 e. The van der Waals surface area contributed by atoms with Crippen LogP contribution in [0, 0.1) is 24.2 Å². The van der Waals surface area contributed by atoms with E-state index in [-0.39, 0.29) is 23.0 Å². The molecule has 0 amide bonds. The fourth-order valence-electron chi connectivity index (χ4n) is 4.49. The van der Waals surface area contributed by atoms with Gasteiger partial charge < -0.3 is 9.84 Å². The summed E-state index contributed by atoms with van der Waals surface area (Å²) in [4.78, 5) is 13.1. The first-order chi connectivity index (χ1) is 10.3. The van der Waals surface area contributed by atoms with Gasteiger partial charge in [-0.05, 0) is 60.8 Å². The molecule has 1 unspecified atom stereocenters. The number of methoxy groups -OCH3 is 1. The molecule has 1 fully saturated rings. The van der Waals surface area contributed by atoms with Crippen molar-refractivity contribution in [3.63, 3.8) is 0 Å². The molecule has 0 heterocycles. The third kappa shape index (κ3) is 2.36. The normalized spacial score (nSPS) is 30.2. The molecule has 3 heteroatoms. The molecule has 2 aliphatic carbocycles. The summed E-state index contributed by atoms with van der Waals surface area (Å²) in [5.74, 6) is 1.21. The van der Waals surface area contributed by atoms with Crippen molar-refractivity contribution in [1.29, 1.82) is 0 Å². The quantitative estimate of drug-likeness (QED) is 0.850. The van der Waals surface area contributed by atoms with Crippen LogP contribution in [0.15, 0.2) is 12.1 Å². The predicted molar refractivity (Wildman–Crippen MR) is 86.3 cm³/mol.